The summed E-state index contributed by atoms with van der Waals surface area (Å²) in [7, 11) is 0. The van der Waals surface area contributed by atoms with Gasteiger partial charge in [-0.05, 0) is 19.1 Å². The maximum absolute atomic E-state index is 12.0. The van der Waals surface area contributed by atoms with E-state index in [2.05, 4.69) is 5.32 Å². The number of morpholine rings is 1. The number of ether oxygens (including phenoxy) is 1. The van der Waals surface area contributed by atoms with Gasteiger partial charge < -0.3 is 20.1 Å². The number of nitrogens with zero attached hydrogens (tertiary/aromatic N) is 1. The van der Waals surface area contributed by atoms with Crippen molar-refractivity contribution in [2.24, 2.45) is 0 Å². The number of carboxylic acid groups (broad SMARTS) is 1. The number of carboxylic acids is 1. The monoisotopic (exact) mass is 284 g/mol. The molecule has 7 heteroatoms. The van der Waals surface area contributed by atoms with Crippen molar-refractivity contribution in [2.75, 3.05) is 31.2 Å². The Labute approximate surface area is 115 Å². The maximum atomic E-state index is 12.0. The number of hydrogen-bond donors (Lipinski definition) is 2. The zero-order chi connectivity index (χ0) is 13.8. The number of amides is 1. The van der Waals surface area contributed by atoms with Crippen LogP contribution >= 0.6 is 11.3 Å². The lowest BCUT2D eigenvalue weighted by Crippen LogP contribution is -2.53. The van der Waals surface area contributed by atoms with Crippen molar-refractivity contribution < 1.29 is 19.4 Å². The molecule has 19 heavy (non-hydrogen) atoms. The van der Waals surface area contributed by atoms with Crippen LogP contribution in [0.25, 0.3) is 0 Å². The smallest absolute Gasteiger partial charge is 0.345 e. The van der Waals surface area contributed by atoms with Crippen LogP contribution < -0.4 is 10.2 Å². The molecule has 2 N–H and O–H groups in total. The fourth-order valence-electron chi connectivity index (χ4n) is 1.97. The van der Waals surface area contributed by atoms with Crippen molar-refractivity contribution in [3.63, 3.8) is 0 Å². The molecule has 2 heterocycles. The molecule has 0 saturated carbocycles. The molecular weight excluding hydrogens is 268 g/mol. The molecule has 0 aliphatic carbocycles. The number of carbonyl (C=O) groups excluding carboxylic acids is 1. The summed E-state index contributed by atoms with van der Waals surface area (Å²) in [4.78, 5) is 25.1. The van der Waals surface area contributed by atoms with Crippen LogP contribution in [-0.2, 0) is 9.53 Å². The molecule has 104 valence electrons. The lowest BCUT2D eigenvalue weighted by molar-refractivity contribution is -0.124. The number of aromatic carboxylic acids is 1. The number of anilines is 1. The first-order valence-electron chi connectivity index (χ1n) is 6.08. The van der Waals surface area contributed by atoms with Crippen LogP contribution in [0.1, 0.15) is 16.6 Å². The molecule has 1 aliphatic heterocycles. The predicted octanol–water partition coefficient (Wildman–Crippen LogP) is 0.788. The summed E-state index contributed by atoms with van der Waals surface area (Å²) in [5, 5.41) is 12.5. The normalized spacial score (nSPS) is 19.2. The van der Waals surface area contributed by atoms with Gasteiger partial charge in [-0.1, -0.05) is 0 Å². The number of hydrogen-bond acceptors (Lipinski definition) is 5. The molecule has 1 saturated heterocycles. The number of rotatable bonds is 4. The van der Waals surface area contributed by atoms with Gasteiger partial charge in [0.15, 0.2) is 0 Å². The average molecular weight is 284 g/mol. The average Bonchev–Trinajstić information content (AvgIpc) is 2.88. The molecule has 0 radical (unpaired) electrons. The minimum Gasteiger partial charge on any atom is -0.477 e. The summed E-state index contributed by atoms with van der Waals surface area (Å²) in [6.45, 7) is 3.87. The van der Waals surface area contributed by atoms with Gasteiger partial charge in [-0.2, -0.15) is 0 Å². The molecule has 1 aliphatic rings. The molecule has 1 atom stereocenters. The fraction of sp³-hybridized carbons (Fsp3) is 0.500. The van der Waals surface area contributed by atoms with Crippen LogP contribution in [0.5, 0.6) is 0 Å². The van der Waals surface area contributed by atoms with Crippen molar-refractivity contribution in [3.8, 4) is 0 Å². The Balaban J connectivity index is 2.18. The van der Waals surface area contributed by atoms with Gasteiger partial charge in [0, 0.05) is 13.1 Å². The zero-order valence-electron chi connectivity index (χ0n) is 10.6. The van der Waals surface area contributed by atoms with E-state index in [0.29, 0.717) is 26.3 Å². The number of likely N-dealkylation sites (N-methyl/N-ethyl adjacent to an activating group) is 1. The summed E-state index contributed by atoms with van der Waals surface area (Å²) in [6.07, 6.45) is 0. The van der Waals surface area contributed by atoms with Crippen molar-refractivity contribution in [1.82, 2.24) is 5.32 Å². The van der Waals surface area contributed by atoms with Gasteiger partial charge in [0.2, 0.25) is 5.91 Å². The van der Waals surface area contributed by atoms with E-state index in [0.717, 1.165) is 5.00 Å². The van der Waals surface area contributed by atoms with Crippen LogP contribution in [0.3, 0.4) is 0 Å². The molecule has 1 amide bonds. The molecular formula is C12H16N2O4S. The summed E-state index contributed by atoms with van der Waals surface area (Å²) in [6, 6.07) is 2.91. The van der Waals surface area contributed by atoms with Gasteiger partial charge in [-0.25, -0.2) is 4.79 Å². The SMILES string of the molecule is CCNC(=O)C1COCCN1c1ccc(C(=O)O)s1. The number of carbonyl (C=O) groups is 2. The Morgan fingerprint density at radius 3 is 3.00 bits per heavy atom. The minimum atomic E-state index is -0.945. The molecule has 0 aromatic carbocycles. The molecule has 1 aromatic rings. The van der Waals surface area contributed by atoms with Gasteiger partial charge in [0.1, 0.15) is 10.9 Å². The van der Waals surface area contributed by atoms with Crippen LogP contribution in [0, 0.1) is 0 Å². The van der Waals surface area contributed by atoms with Gasteiger partial charge >= 0.3 is 5.97 Å². The molecule has 2 rings (SSSR count). The highest BCUT2D eigenvalue weighted by Crippen LogP contribution is 2.28. The lowest BCUT2D eigenvalue weighted by atomic mass is 10.2. The third-order valence-electron chi connectivity index (χ3n) is 2.87. The molecule has 6 nitrogen and oxygen atoms in total. The van der Waals surface area contributed by atoms with Gasteiger partial charge in [-0.15, -0.1) is 11.3 Å². The van der Waals surface area contributed by atoms with Crippen molar-refractivity contribution >= 4 is 28.2 Å². The predicted molar refractivity (Wildman–Crippen MR) is 71.9 cm³/mol. The van der Waals surface area contributed by atoms with E-state index in [-0.39, 0.29) is 10.8 Å². The first kappa shape index (κ1) is 13.8. The third kappa shape index (κ3) is 3.05. The van der Waals surface area contributed by atoms with Crippen LogP contribution in [0.2, 0.25) is 0 Å². The lowest BCUT2D eigenvalue weighted by Gasteiger charge is -2.35. The van der Waals surface area contributed by atoms with Gasteiger partial charge in [-0.3, -0.25) is 4.79 Å². The van der Waals surface area contributed by atoms with Crippen molar-refractivity contribution in [2.45, 2.75) is 13.0 Å². The summed E-state index contributed by atoms with van der Waals surface area (Å²) >= 11 is 1.18. The van der Waals surface area contributed by atoms with Crippen molar-refractivity contribution in [1.29, 1.82) is 0 Å². The molecule has 1 aromatic heterocycles. The second-order valence-corrected chi connectivity index (χ2v) is 5.18. The van der Waals surface area contributed by atoms with E-state index in [1.807, 2.05) is 11.8 Å². The molecule has 1 unspecified atom stereocenters. The Morgan fingerprint density at radius 2 is 2.37 bits per heavy atom. The highest BCUT2D eigenvalue weighted by Gasteiger charge is 2.30. The fourth-order valence-corrected chi connectivity index (χ4v) is 2.89. The Bertz CT molecular complexity index is 474. The Hall–Kier alpha value is -1.60. The standard InChI is InChI=1S/C12H16N2O4S/c1-2-13-11(15)8-7-18-6-5-14(8)10-4-3-9(19-10)12(16)17/h3-4,8H,2,5-7H2,1H3,(H,13,15)(H,16,17). The van der Waals surface area contributed by atoms with Crippen LogP contribution in [-0.4, -0.2) is 49.3 Å². The van der Waals surface area contributed by atoms with E-state index < -0.39 is 12.0 Å². The van der Waals surface area contributed by atoms with Crippen LogP contribution in [0.4, 0.5) is 5.00 Å². The summed E-state index contributed by atoms with van der Waals surface area (Å²) in [5.41, 5.74) is 0. The number of nitrogens with one attached hydrogen (secondary N) is 1. The van der Waals surface area contributed by atoms with E-state index in [1.165, 1.54) is 11.3 Å². The maximum Gasteiger partial charge on any atom is 0.345 e. The van der Waals surface area contributed by atoms with Crippen LogP contribution in [0.15, 0.2) is 12.1 Å². The van der Waals surface area contributed by atoms with Gasteiger partial charge in [0.25, 0.3) is 0 Å². The van der Waals surface area contributed by atoms with E-state index in [1.54, 1.807) is 12.1 Å². The quantitative estimate of drug-likeness (QED) is 0.854. The zero-order valence-corrected chi connectivity index (χ0v) is 11.4. The first-order chi connectivity index (χ1) is 9.13. The van der Waals surface area contributed by atoms with E-state index in [4.69, 9.17) is 9.84 Å². The Kier molecular flexibility index (Phi) is 4.39. The topological polar surface area (TPSA) is 78.9 Å². The second-order valence-electron chi connectivity index (χ2n) is 4.12. The molecule has 0 bridgehead atoms. The van der Waals surface area contributed by atoms with E-state index >= 15 is 0 Å². The third-order valence-corrected chi connectivity index (χ3v) is 3.98. The Morgan fingerprint density at radius 1 is 1.58 bits per heavy atom. The highest BCUT2D eigenvalue weighted by atomic mass is 32.1. The van der Waals surface area contributed by atoms with E-state index in [9.17, 15) is 9.59 Å². The minimum absolute atomic E-state index is 0.0903. The van der Waals surface area contributed by atoms with Gasteiger partial charge in [0.05, 0.1) is 18.2 Å². The molecule has 1 fully saturated rings. The summed E-state index contributed by atoms with van der Waals surface area (Å²) in [5.74, 6) is -1.04. The van der Waals surface area contributed by atoms with Crippen molar-refractivity contribution in [3.05, 3.63) is 17.0 Å². The first-order valence-corrected chi connectivity index (χ1v) is 6.90. The second kappa shape index (κ2) is 6.03. The highest BCUT2D eigenvalue weighted by molar-refractivity contribution is 7.17. The largest absolute Gasteiger partial charge is 0.477 e. The summed E-state index contributed by atoms with van der Waals surface area (Å²) < 4.78 is 5.34. The number of thiophene rings is 1. The molecule has 0 spiro atoms.